The average Bonchev–Trinajstić information content (AvgIpc) is 2.97. The number of aromatic hydroxyl groups is 1. The highest BCUT2D eigenvalue weighted by Crippen LogP contribution is 2.35. The van der Waals surface area contributed by atoms with Gasteiger partial charge in [0.15, 0.2) is 5.75 Å². The number of carbonyl (C=O) groups excluding carboxylic acids is 1. The predicted molar refractivity (Wildman–Crippen MR) is 83.7 cm³/mol. The highest BCUT2D eigenvalue weighted by Gasteiger charge is 2.25. The fourth-order valence-electron chi connectivity index (χ4n) is 2.59. The quantitative estimate of drug-likeness (QED) is 0.637. The summed E-state index contributed by atoms with van der Waals surface area (Å²) in [5.74, 6) is -2.82. The number of carbonyl (C=O) groups is 2. The van der Waals surface area contributed by atoms with Crippen molar-refractivity contribution in [3.63, 3.8) is 0 Å². The van der Waals surface area contributed by atoms with Gasteiger partial charge >= 0.3 is 5.97 Å². The summed E-state index contributed by atoms with van der Waals surface area (Å²) in [5, 5.41) is 27.0. The summed E-state index contributed by atoms with van der Waals surface area (Å²) in [6.45, 7) is -0.666. The van der Waals surface area contributed by atoms with Crippen LogP contribution in [0.2, 0.25) is 0 Å². The van der Waals surface area contributed by atoms with Crippen molar-refractivity contribution in [1.82, 2.24) is 15.5 Å². The number of carboxylic acid groups (broad SMARTS) is 1. The highest BCUT2D eigenvalue weighted by molar-refractivity contribution is 5.99. The minimum atomic E-state index is -1.26. The second kappa shape index (κ2) is 5.99. The lowest BCUT2D eigenvalue weighted by Gasteiger charge is -2.10. The highest BCUT2D eigenvalue weighted by atomic mass is 16.4. The van der Waals surface area contributed by atoms with E-state index in [2.05, 4.69) is 15.5 Å². The van der Waals surface area contributed by atoms with Crippen molar-refractivity contribution in [3.8, 4) is 5.75 Å². The maximum absolute atomic E-state index is 12.0. The number of hydrogen-bond donors (Lipinski definition) is 4. The summed E-state index contributed by atoms with van der Waals surface area (Å²) < 4.78 is 0. The Morgan fingerprint density at radius 3 is 2.79 bits per heavy atom. The SMILES string of the molecule is O=C(O)CNC(=O)c1c(O)c(C2=CCc3ccccc32)n[nH]c1=O. The number of aromatic nitrogens is 2. The lowest BCUT2D eigenvalue weighted by atomic mass is 10.0. The molecule has 0 spiro atoms. The number of H-pyrrole nitrogens is 1. The Labute approximate surface area is 135 Å². The van der Waals surface area contributed by atoms with Crippen LogP contribution >= 0.6 is 0 Å². The van der Waals surface area contributed by atoms with E-state index >= 15 is 0 Å². The summed E-state index contributed by atoms with van der Waals surface area (Å²) in [6, 6.07) is 7.51. The Balaban J connectivity index is 2.03. The Morgan fingerprint density at radius 1 is 1.29 bits per heavy atom. The smallest absolute Gasteiger partial charge is 0.322 e. The molecule has 1 aromatic carbocycles. The number of benzene rings is 1. The number of amides is 1. The van der Waals surface area contributed by atoms with Crippen LogP contribution in [0.3, 0.4) is 0 Å². The molecule has 0 saturated carbocycles. The molecule has 0 atom stereocenters. The molecule has 3 rings (SSSR count). The summed E-state index contributed by atoms with van der Waals surface area (Å²) in [7, 11) is 0. The Morgan fingerprint density at radius 2 is 2.04 bits per heavy atom. The number of rotatable bonds is 4. The van der Waals surface area contributed by atoms with Crippen molar-refractivity contribution in [2.75, 3.05) is 6.54 Å². The van der Waals surface area contributed by atoms with Gasteiger partial charge in [-0.2, -0.15) is 5.10 Å². The van der Waals surface area contributed by atoms with Crippen molar-refractivity contribution in [1.29, 1.82) is 0 Å². The molecule has 0 saturated heterocycles. The van der Waals surface area contributed by atoms with Gasteiger partial charge in [-0.3, -0.25) is 14.4 Å². The molecule has 4 N–H and O–H groups in total. The summed E-state index contributed by atoms with van der Waals surface area (Å²) in [4.78, 5) is 34.4. The van der Waals surface area contributed by atoms with E-state index in [-0.39, 0.29) is 5.69 Å². The normalized spacial score (nSPS) is 12.4. The van der Waals surface area contributed by atoms with Gasteiger partial charge in [0.1, 0.15) is 17.8 Å². The van der Waals surface area contributed by atoms with Crippen LogP contribution in [0.25, 0.3) is 5.57 Å². The molecule has 0 unspecified atom stereocenters. The molecule has 0 bridgehead atoms. The first-order valence-electron chi connectivity index (χ1n) is 7.09. The van der Waals surface area contributed by atoms with Crippen LogP contribution in [0.4, 0.5) is 0 Å². The summed E-state index contributed by atoms with van der Waals surface area (Å²) in [6.07, 6.45) is 2.48. The molecular weight excluding hydrogens is 314 g/mol. The van der Waals surface area contributed by atoms with Crippen molar-refractivity contribution in [2.45, 2.75) is 6.42 Å². The molecule has 8 heteroatoms. The molecule has 8 nitrogen and oxygen atoms in total. The van der Waals surface area contributed by atoms with Crippen molar-refractivity contribution in [2.24, 2.45) is 0 Å². The van der Waals surface area contributed by atoms with Gasteiger partial charge in [-0.05, 0) is 17.5 Å². The second-order valence-electron chi connectivity index (χ2n) is 5.18. The van der Waals surface area contributed by atoms with Crippen LogP contribution in [-0.4, -0.2) is 38.8 Å². The number of aromatic amines is 1. The molecule has 1 aliphatic carbocycles. The molecule has 1 aromatic heterocycles. The summed E-state index contributed by atoms with van der Waals surface area (Å²) in [5.41, 5.74) is 1.10. The largest absolute Gasteiger partial charge is 0.505 e. The molecule has 1 aliphatic rings. The van der Waals surface area contributed by atoms with E-state index in [1.807, 2.05) is 30.3 Å². The summed E-state index contributed by atoms with van der Waals surface area (Å²) >= 11 is 0. The zero-order chi connectivity index (χ0) is 17.3. The first kappa shape index (κ1) is 15.5. The van der Waals surface area contributed by atoms with Crippen LogP contribution in [-0.2, 0) is 11.2 Å². The number of hydrogen-bond acceptors (Lipinski definition) is 5. The Hall–Kier alpha value is -3.42. The van der Waals surface area contributed by atoms with Crippen LogP contribution in [0.15, 0.2) is 35.1 Å². The fraction of sp³-hybridized carbons (Fsp3) is 0.125. The van der Waals surface area contributed by atoms with E-state index in [0.717, 1.165) is 11.1 Å². The van der Waals surface area contributed by atoms with Crippen molar-refractivity contribution >= 4 is 17.4 Å². The number of allylic oxidation sites excluding steroid dienone is 1. The first-order valence-corrected chi connectivity index (χ1v) is 7.09. The second-order valence-corrected chi connectivity index (χ2v) is 5.18. The van der Waals surface area contributed by atoms with Gasteiger partial charge < -0.3 is 15.5 Å². The van der Waals surface area contributed by atoms with E-state index in [1.54, 1.807) is 0 Å². The predicted octanol–water partition coefficient (Wildman–Crippen LogP) is 0.278. The number of nitrogens with zero attached hydrogens (tertiary/aromatic N) is 1. The topological polar surface area (TPSA) is 132 Å². The van der Waals surface area contributed by atoms with Gasteiger partial charge in [-0.15, -0.1) is 0 Å². The average molecular weight is 327 g/mol. The maximum atomic E-state index is 12.0. The van der Waals surface area contributed by atoms with Crippen molar-refractivity contribution < 1.29 is 19.8 Å². The van der Waals surface area contributed by atoms with E-state index in [0.29, 0.717) is 12.0 Å². The third-order valence-electron chi connectivity index (χ3n) is 3.67. The molecular formula is C16H13N3O5. The number of aliphatic carboxylic acids is 1. The minimum absolute atomic E-state index is 0.0695. The van der Waals surface area contributed by atoms with E-state index < -0.39 is 35.3 Å². The van der Waals surface area contributed by atoms with E-state index in [1.165, 1.54) is 0 Å². The Bertz CT molecular complexity index is 930. The molecule has 1 amide bonds. The van der Waals surface area contributed by atoms with Crippen LogP contribution in [0.5, 0.6) is 5.75 Å². The van der Waals surface area contributed by atoms with E-state index in [9.17, 15) is 19.5 Å². The van der Waals surface area contributed by atoms with Gasteiger partial charge in [0.05, 0.1) is 0 Å². The number of nitrogens with one attached hydrogen (secondary N) is 2. The zero-order valence-corrected chi connectivity index (χ0v) is 12.4. The molecule has 0 radical (unpaired) electrons. The minimum Gasteiger partial charge on any atom is -0.505 e. The Kier molecular flexibility index (Phi) is 3.87. The van der Waals surface area contributed by atoms with E-state index in [4.69, 9.17) is 5.11 Å². The van der Waals surface area contributed by atoms with Crippen LogP contribution < -0.4 is 10.9 Å². The van der Waals surface area contributed by atoms with Crippen molar-refractivity contribution in [3.05, 3.63) is 63.1 Å². The maximum Gasteiger partial charge on any atom is 0.322 e. The van der Waals surface area contributed by atoms with Gasteiger partial charge in [-0.25, -0.2) is 5.10 Å². The standard InChI is InChI=1S/C16H13N3O5/c20-11(21)7-17-15(23)12-14(22)13(18-19-16(12)24)10-6-5-8-3-1-2-4-9(8)10/h1-4,6H,5,7H2,(H,17,23)(H,20,21)(H2,19,22,24). The third kappa shape index (κ3) is 2.65. The molecule has 24 heavy (non-hydrogen) atoms. The monoisotopic (exact) mass is 327 g/mol. The van der Waals surface area contributed by atoms with Gasteiger partial charge in [0.2, 0.25) is 0 Å². The zero-order valence-electron chi connectivity index (χ0n) is 12.4. The molecule has 122 valence electrons. The number of carboxylic acids is 1. The number of fused-ring (bicyclic) bond motifs is 1. The lowest BCUT2D eigenvalue weighted by molar-refractivity contribution is -0.135. The van der Waals surface area contributed by atoms with Gasteiger partial charge in [0.25, 0.3) is 11.5 Å². The van der Waals surface area contributed by atoms with Gasteiger partial charge in [0, 0.05) is 5.57 Å². The molecule has 0 fully saturated rings. The van der Waals surface area contributed by atoms with Crippen LogP contribution in [0.1, 0.15) is 27.2 Å². The molecule has 2 aromatic rings. The fourth-order valence-corrected chi connectivity index (χ4v) is 2.59. The van der Waals surface area contributed by atoms with Gasteiger partial charge in [-0.1, -0.05) is 30.3 Å². The van der Waals surface area contributed by atoms with Crippen LogP contribution in [0, 0.1) is 0 Å². The third-order valence-corrected chi connectivity index (χ3v) is 3.67. The lowest BCUT2D eigenvalue weighted by Crippen LogP contribution is -2.34. The molecule has 0 aliphatic heterocycles. The molecule has 1 heterocycles. The first-order chi connectivity index (χ1) is 11.5.